The summed E-state index contributed by atoms with van der Waals surface area (Å²) in [5.74, 6) is 0.878. The summed E-state index contributed by atoms with van der Waals surface area (Å²) in [4.78, 5) is 4.09. The first-order valence-electron chi connectivity index (χ1n) is 4.02. The molecule has 5 nitrogen and oxygen atoms in total. The molecule has 1 aromatic heterocycles. The van der Waals surface area contributed by atoms with Gasteiger partial charge in [0.05, 0.1) is 5.75 Å². The monoisotopic (exact) mass is 231 g/mol. The second kappa shape index (κ2) is 3.39. The molecule has 0 saturated carbocycles. The molecule has 1 aliphatic rings. The van der Waals surface area contributed by atoms with Gasteiger partial charge in [0.15, 0.2) is 9.84 Å². The van der Waals surface area contributed by atoms with E-state index in [1.807, 2.05) is 0 Å². The first-order chi connectivity index (χ1) is 6.55. The van der Waals surface area contributed by atoms with Gasteiger partial charge >= 0.3 is 0 Å². The molecule has 1 aliphatic heterocycles. The van der Waals surface area contributed by atoms with Crippen LogP contribution in [0.1, 0.15) is 5.82 Å². The molecular formula is C7H9N3O2S2. The molecule has 1 atom stereocenters. The molecule has 0 amide bonds. The minimum Gasteiger partial charge on any atom is -0.262 e. The predicted molar refractivity (Wildman–Crippen MR) is 53.7 cm³/mol. The Kier molecular flexibility index (Phi) is 2.36. The van der Waals surface area contributed by atoms with Crippen molar-refractivity contribution < 1.29 is 8.42 Å². The zero-order chi connectivity index (χ0) is 10.2. The van der Waals surface area contributed by atoms with Gasteiger partial charge in [-0.1, -0.05) is 17.8 Å². The maximum atomic E-state index is 11.1. The summed E-state index contributed by atoms with van der Waals surface area (Å²) in [7, 11) is -2.98. The fourth-order valence-corrected chi connectivity index (χ4v) is 3.90. The lowest BCUT2D eigenvalue weighted by Crippen LogP contribution is -2.06. The Balaban J connectivity index is 2.05. The maximum absolute atomic E-state index is 11.1. The van der Waals surface area contributed by atoms with Crippen LogP contribution in [-0.4, -0.2) is 34.6 Å². The van der Waals surface area contributed by atoms with E-state index in [0.29, 0.717) is 5.16 Å². The van der Waals surface area contributed by atoms with E-state index in [1.165, 1.54) is 17.2 Å². The molecular weight excluding hydrogens is 222 g/mol. The molecule has 0 saturated heterocycles. The van der Waals surface area contributed by atoms with Crippen molar-refractivity contribution in [3.05, 3.63) is 17.3 Å². The van der Waals surface area contributed by atoms with Crippen molar-refractivity contribution >= 4 is 21.6 Å². The first kappa shape index (κ1) is 9.72. The SMILES string of the molecule is Cc1nc(S[C@H]2C=CS(=O)(=O)C2)n[nH]1. The third-order valence-electron chi connectivity index (χ3n) is 1.73. The Morgan fingerprint density at radius 3 is 2.93 bits per heavy atom. The average molecular weight is 231 g/mol. The van der Waals surface area contributed by atoms with Gasteiger partial charge in [-0.3, -0.25) is 5.10 Å². The minimum atomic E-state index is -2.98. The largest absolute Gasteiger partial charge is 0.262 e. The van der Waals surface area contributed by atoms with E-state index in [-0.39, 0.29) is 11.0 Å². The topological polar surface area (TPSA) is 75.7 Å². The van der Waals surface area contributed by atoms with E-state index < -0.39 is 9.84 Å². The molecule has 1 aromatic rings. The quantitative estimate of drug-likeness (QED) is 0.803. The van der Waals surface area contributed by atoms with Gasteiger partial charge in [0.25, 0.3) is 0 Å². The second-order valence-corrected chi connectivity index (χ2v) is 6.16. The number of H-pyrrole nitrogens is 1. The van der Waals surface area contributed by atoms with E-state index in [0.717, 1.165) is 5.82 Å². The van der Waals surface area contributed by atoms with Crippen LogP contribution in [0, 0.1) is 6.92 Å². The lowest BCUT2D eigenvalue weighted by atomic mass is 10.5. The molecule has 0 unspecified atom stereocenters. The van der Waals surface area contributed by atoms with Crippen LogP contribution in [0.2, 0.25) is 0 Å². The smallest absolute Gasteiger partial charge is 0.209 e. The van der Waals surface area contributed by atoms with Crippen molar-refractivity contribution in [3.8, 4) is 0 Å². The van der Waals surface area contributed by atoms with Crippen LogP contribution in [0.4, 0.5) is 0 Å². The molecule has 7 heteroatoms. The zero-order valence-corrected chi connectivity index (χ0v) is 9.10. The number of rotatable bonds is 2. The van der Waals surface area contributed by atoms with Crippen LogP contribution >= 0.6 is 11.8 Å². The number of thioether (sulfide) groups is 1. The van der Waals surface area contributed by atoms with Crippen LogP contribution in [0.25, 0.3) is 0 Å². The number of hydrogen-bond acceptors (Lipinski definition) is 5. The number of aryl methyl sites for hydroxylation is 1. The number of aromatic amines is 1. The molecule has 0 bridgehead atoms. The second-order valence-electron chi connectivity index (χ2n) is 3.02. The van der Waals surface area contributed by atoms with E-state index in [9.17, 15) is 8.42 Å². The van der Waals surface area contributed by atoms with E-state index in [1.54, 1.807) is 13.0 Å². The Morgan fingerprint density at radius 2 is 2.43 bits per heavy atom. The van der Waals surface area contributed by atoms with Crippen molar-refractivity contribution in [1.29, 1.82) is 0 Å². The number of hydrogen-bond donors (Lipinski definition) is 1. The third-order valence-corrected chi connectivity index (χ3v) is 4.36. The number of sulfone groups is 1. The minimum absolute atomic E-state index is 0.0600. The van der Waals surface area contributed by atoms with Crippen molar-refractivity contribution in [2.24, 2.45) is 0 Å². The Labute approximate surface area is 85.9 Å². The number of aromatic nitrogens is 3. The van der Waals surface area contributed by atoms with Gasteiger partial charge in [-0.2, -0.15) is 0 Å². The molecule has 0 spiro atoms. The molecule has 0 radical (unpaired) electrons. The van der Waals surface area contributed by atoms with Crippen LogP contribution in [0.3, 0.4) is 0 Å². The Hall–Kier alpha value is -0.820. The van der Waals surface area contributed by atoms with Gasteiger partial charge in [-0.05, 0) is 6.92 Å². The van der Waals surface area contributed by atoms with Gasteiger partial charge < -0.3 is 0 Å². The van der Waals surface area contributed by atoms with Gasteiger partial charge in [0.2, 0.25) is 5.16 Å². The van der Waals surface area contributed by atoms with Gasteiger partial charge in [-0.15, -0.1) is 5.10 Å². The Bertz CT molecular complexity index is 463. The number of nitrogens with one attached hydrogen (secondary N) is 1. The van der Waals surface area contributed by atoms with Crippen LogP contribution in [-0.2, 0) is 9.84 Å². The van der Waals surface area contributed by atoms with Crippen LogP contribution < -0.4 is 0 Å². The van der Waals surface area contributed by atoms with E-state index in [4.69, 9.17) is 0 Å². The summed E-state index contributed by atoms with van der Waals surface area (Å²) in [6, 6.07) is 0. The van der Waals surface area contributed by atoms with E-state index >= 15 is 0 Å². The lowest BCUT2D eigenvalue weighted by molar-refractivity contribution is 0.606. The zero-order valence-electron chi connectivity index (χ0n) is 7.47. The van der Waals surface area contributed by atoms with Crippen molar-refractivity contribution in [3.63, 3.8) is 0 Å². The molecule has 0 fully saturated rings. The van der Waals surface area contributed by atoms with Crippen molar-refractivity contribution in [2.45, 2.75) is 17.3 Å². The summed E-state index contributed by atoms with van der Waals surface area (Å²) >= 11 is 1.35. The summed E-state index contributed by atoms with van der Waals surface area (Å²) in [6.07, 6.45) is 1.67. The third kappa shape index (κ3) is 2.16. The normalized spacial score (nSPS) is 24.2. The average Bonchev–Trinajstić information content (AvgIpc) is 2.59. The molecule has 2 heterocycles. The molecule has 0 aliphatic carbocycles. The number of nitrogens with zero attached hydrogens (tertiary/aromatic N) is 2. The Morgan fingerprint density at radius 1 is 1.64 bits per heavy atom. The van der Waals surface area contributed by atoms with Crippen molar-refractivity contribution in [2.75, 3.05) is 5.75 Å². The molecule has 76 valence electrons. The summed E-state index contributed by atoms with van der Waals surface area (Å²) < 4.78 is 22.2. The van der Waals surface area contributed by atoms with E-state index in [2.05, 4.69) is 15.2 Å². The highest BCUT2D eigenvalue weighted by Crippen LogP contribution is 2.26. The highest BCUT2D eigenvalue weighted by molar-refractivity contribution is 8.02. The first-order valence-corrected chi connectivity index (χ1v) is 6.61. The fraction of sp³-hybridized carbons (Fsp3) is 0.429. The van der Waals surface area contributed by atoms with Crippen molar-refractivity contribution in [1.82, 2.24) is 15.2 Å². The lowest BCUT2D eigenvalue weighted by Gasteiger charge is -2.00. The maximum Gasteiger partial charge on any atom is 0.209 e. The highest BCUT2D eigenvalue weighted by Gasteiger charge is 2.23. The standard InChI is InChI=1S/C7H9N3O2S2/c1-5-8-7(10-9-5)13-6-2-3-14(11,12)4-6/h2-3,6H,4H2,1H3,(H,8,9,10)/t6-/m0/s1. The summed E-state index contributed by atoms with van der Waals surface area (Å²) in [5, 5.41) is 8.42. The van der Waals surface area contributed by atoms with Gasteiger partial charge in [0, 0.05) is 10.7 Å². The molecule has 14 heavy (non-hydrogen) atoms. The highest BCUT2D eigenvalue weighted by atomic mass is 32.2. The predicted octanol–water partition coefficient (Wildman–Crippen LogP) is 0.516. The summed E-state index contributed by atoms with van der Waals surface area (Å²) in [5.41, 5.74) is 0. The van der Waals surface area contributed by atoms with Gasteiger partial charge in [-0.25, -0.2) is 13.4 Å². The van der Waals surface area contributed by atoms with Crippen LogP contribution in [0.15, 0.2) is 16.6 Å². The summed E-state index contributed by atoms with van der Waals surface area (Å²) in [6.45, 7) is 1.80. The molecule has 2 rings (SSSR count). The molecule has 1 N–H and O–H groups in total. The molecule has 0 aromatic carbocycles. The van der Waals surface area contributed by atoms with Gasteiger partial charge in [0.1, 0.15) is 5.82 Å². The van der Waals surface area contributed by atoms with Crippen LogP contribution in [0.5, 0.6) is 0 Å². The fourth-order valence-electron chi connectivity index (χ4n) is 1.13.